The van der Waals surface area contributed by atoms with Crippen LogP contribution in [0.15, 0.2) is 54.6 Å². The maximum atomic E-state index is 13.6. The van der Waals surface area contributed by atoms with Crippen LogP contribution in [0.3, 0.4) is 0 Å². The molecule has 3 aliphatic rings. The number of piperazine rings is 1. The van der Waals surface area contributed by atoms with Gasteiger partial charge in [-0.1, -0.05) is 54.6 Å². The molecule has 2 aliphatic heterocycles. The maximum absolute atomic E-state index is 13.6. The van der Waals surface area contributed by atoms with Crippen molar-refractivity contribution in [3.05, 3.63) is 88.2 Å². The zero-order valence-corrected chi connectivity index (χ0v) is 20.4. The molecular formula is C28H27N5O4. The molecule has 9 nitrogen and oxygen atoms in total. The van der Waals surface area contributed by atoms with E-state index in [-0.39, 0.29) is 43.0 Å². The minimum Gasteiger partial charge on any atom is -0.353 e. The summed E-state index contributed by atoms with van der Waals surface area (Å²) >= 11 is 0. The Bertz CT molecular complexity index is 1410. The highest BCUT2D eigenvalue weighted by Gasteiger charge is 2.39. The number of carbonyl (C=O) groups excluding carboxylic acids is 4. The van der Waals surface area contributed by atoms with Crippen LogP contribution < -0.4 is 5.32 Å². The van der Waals surface area contributed by atoms with Crippen LogP contribution in [0.25, 0.3) is 0 Å². The van der Waals surface area contributed by atoms with Gasteiger partial charge in [0.15, 0.2) is 11.5 Å². The molecule has 1 unspecified atom stereocenters. The van der Waals surface area contributed by atoms with E-state index in [4.69, 9.17) is 5.10 Å². The first kappa shape index (κ1) is 23.1. The Morgan fingerprint density at radius 1 is 0.946 bits per heavy atom. The molecule has 1 aromatic heterocycles. The second-order valence-corrected chi connectivity index (χ2v) is 9.77. The third-order valence-corrected chi connectivity index (χ3v) is 7.47. The molecule has 1 atom stereocenters. The Hall–Kier alpha value is -4.27. The minimum absolute atomic E-state index is 0.0111. The van der Waals surface area contributed by atoms with Crippen molar-refractivity contribution in [2.75, 3.05) is 26.2 Å². The zero-order valence-electron chi connectivity index (χ0n) is 20.4. The highest BCUT2D eigenvalue weighted by molar-refractivity contribution is 6.06. The predicted molar refractivity (Wildman–Crippen MR) is 134 cm³/mol. The predicted octanol–water partition coefficient (Wildman–Crippen LogP) is 1.76. The fraction of sp³-hybridized carbons (Fsp3) is 0.321. The first-order valence-corrected chi connectivity index (χ1v) is 12.6. The molecule has 1 saturated heterocycles. The van der Waals surface area contributed by atoms with E-state index in [0.717, 1.165) is 22.4 Å². The van der Waals surface area contributed by atoms with Crippen molar-refractivity contribution in [1.29, 1.82) is 0 Å². The first-order chi connectivity index (χ1) is 18.0. The molecule has 1 N–H and O–H groups in total. The number of nitrogens with zero attached hydrogens (tertiary/aromatic N) is 4. The van der Waals surface area contributed by atoms with Crippen molar-refractivity contribution in [3.8, 4) is 0 Å². The number of amides is 3. The van der Waals surface area contributed by atoms with E-state index in [9.17, 15) is 19.2 Å². The number of hydrogen-bond acceptors (Lipinski definition) is 5. The van der Waals surface area contributed by atoms with Crippen LogP contribution in [0.4, 0.5) is 0 Å². The van der Waals surface area contributed by atoms with Gasteiger partial charge in [-0.2, -0.15) is 5.10 Å². The van der Waals surface area contributed by atoms with Crippen LogP contribution >= 0.6 is 0 Å². The van der Waals surface area contributed by atoms with Crippen LogP contribution in [0.5, 0.6) is 0 Å². The number of nitrogens with one attached hydrogen (secondary N) is 1. The molecule has 3 aromatic rings. The molecule has 6 rings (SSSR count). The summed E-state index contributed by atoms with van der Waals surface area (Å²) in [5, 5.41) is 7.47. The van der Waals surface area contributed by atoms with Gasteiger partial charge in [-0.25, -0.2) is 0 Å². The van der Waals surface area contributed by atoms with Crippen LogP contribution in [0.2, 0.25) is 0 Å². The van der Waals surface area contributed by atoms with E-state index in [1.807, 2.05) is 53.2 Å². The van der Waals surface area contributed by atoms with E-state index in [0.29, 0.717) is 43.9 Å². The lowest BCUT2D eigenvalue weighted by molar-refractivity contribution is -0.133. The highest BCUT2D eigenvalue weighted by Crippen LogP contribution is 2.36. The molecule has 2 aromatic carbocycles. The number of hydrogen-bond donors (Lipinski definition) is 1. The Kier molecular flexibility index (Phi) is 5.82. The van der Waals surface area contributed by atoms with Crippen molar-refractivity contribution >= 4 is 23.5 Å². The Morgan fingerprint density at radius 2 is 1.73 bits per heavy atom. The second-order valence-electron chi connectivity index (χ2n) is 9.77. The molecule has 0 radical (unpaired) electrons. The van der Waals surface area contributed by atoms with Gasteiger partial charge in [0.1, 0.15) is 0 Å². The Labute approximate surface area is 214 Å². The highest BCUT2D eigenvalue weighted by atomic mass is 16.2. The van der Waals surface area contributed by atoms with Crippen molar-refractivity contribution in [2.45, 2.75) is 31.8 Å². The van der Waals surface area contributed by atoms with E-state index in [2.05, 4.69) is 5.32 Å². The molecule has 3 heterocycles. The van der Waals surface area contributed by atoms with Gasteiger partial charge in [-0.3, -0.25) is 23.9 Å². The summed E-state index contributed by atoms with van der Waals surface area (Å²) in [5.41, 5.74) is 4.40. The fourth-order valence-corrected chi connectivity index (χ4v) is 5.60. The summed E-state index contributed by atoms with van der Waals surface area (Å²) < 4.78 is 1.86. The molecule has 1 aliphatic carbocycles. The molecule has 3 amide bonds. The van der Waals surface area contributed by atoms with Crippen molar-refractivity contribution in [1.82, 2.24) is 24.9 Å². The third-order valence-electron chi connectivity index (χ3n) is 7.47. The molecule has 1 fully saturated rings. The van der Waals surface area contributed by atoms with E-state index in [1.54, 1.807) is 11.0 Å². The Balaban J connectivity index is 1.32. The second kappa shape index (κ2) is 9.31. The number of rotatable bonds is 4. The van der Waals surface area contributed by atoms with Crippen LogP contribution in [0.1, 0.15) is 55.6 Å². The summed E-state index contributed by atoms with van der Waals surface area (Å²) in [5.74, 6) is -1.11. The van der Waals surface area contributed by atoms with Gasteiger partial charge in [-0.15, -0.1) is 0 Å². The largest absolute Gasteiger partial charge is 0.353 e. The van der Waals surface area contributed by atoms with Crippen LogP contribution in [-0.2, 0) is 29.1 Å². The molecule has 188 valence electrons. The van der Waals surface area contributed by atoms with Gasteiger partial charge < -0.3 is 15.1 Å². The van der Waals surface area contributed by atoms with E-state index >= 15 is 0 Å². The molecule has 0 bridgehead atoms. The summed E-state index contributed by atoms with van der Waals surface area (Å²) in [6, 6.07) is 17.2. The molecule has 37 heavy (non-hydrogen) atoms. The summed E-state index contributed by atoms with van der Waals surface area (Å²) in [4.78, 5) is 54.9. The van der Waals surface area contributed by atoms with Gasteiger partial charge in [0.2, 0.25) is 11.8 Å². The maximum Gasteiger partial charge on any atom is 0.275 e. The Morgan fingerprint density at radius 3 is 2.54 bits per heavy atom. The van der Waals surface area contributed by atoms with Crippen LogP contribution in [0, 0.1) is 0 Å². The molecule has 0 saturated carbocycles. The topological polar surface area (TPSA) is 105 Å². The monoisotopic (exact) mass is 497 g/mol. The minimum atomic E-state index is -0.505. The number of ketones is 1. The van der Waals surface area contributed by atoms with Crippen molar-refractivity contribution < 1.29 is 19.2 Å². The number of Topliss-reactive ketones (excluding diaryl/α,β-unsaturated/α-hetero) is 1. The standard InChI is InChI=1S/C28H27N5O4/c34-24-14-21(19-8-4-5-9-20(19)24)27(36)31-12-10-23-22(16-31)26(28(37)32-13-11-29-25(35)17-32)30-33(23)15-18-6-2-1-3-7-18/h1-9,21H,10-17H2,(H,29,35). The average molecular weight is 498 g/mol. The van der Waals surface area contributed by atoms with Crippen molar-refractivity contribution in [2.24, 2.45) is 0 Å². The zero-order chi connectivity index (χ0) is 25.5. The number of aromatic nitrogens is 2. The summed E-state index contributed by atoms with van der Waals surface area (Å²) in [6.45, 7) is 2.04. The van der Waals surface area contributed by atoms with Gasteiger partial charge in [0.05, 0.1) is 19.0 Å². The van der Waals surface area contributed by atoms with Crippen LogP contribution in [-0.4, -0.2) is 69.3 Å². The average Bonchev–Trinajstić information content (AvgIpc) is 3.46. The molecule has 9 heteroatoms. The number of benzene rings is 2. The van der Waals surface area contributed by atoms with Crippen molar-refractivity contribution in [3.63, 3.8) is 0 Å². The normalized spacial score (nSPS) is 18.9. The summed E-state index contributed by atoms with van der Waals surface area (Å²) in [7, 11) is 0. The lowest BCUT2D eigenvalue weighted by Crippen LogP contribution is -2.50. The quantitative estimate of drug-likeness (QED) is 0.592. The lowest BCUT2D eigenvalue weighted by atomic mass is 9.97. The van der Waals surface area contributed by atoms with E-state index in [1.165, 1.54) is 4.90 Å². The smallest absolute Gasteiger partial charge is 0.275 e. The number of fused-ring (bicyclic) bond motifs is 2. The van der Waals surface area contributed by atoms with Gasteiger partial charge >= 0.3 is 0 Å². The lowest BCUT2D eigenvalue weighted by Gasteiger charge is -2.31. The fourth-order valence-electron chi connectivity index (χ4n) is 5.60. The third kappa shape index (κ3) is 4.20. The first-order valence-electron chi connectivity index (χ1n) is 12.6. The van der Waals surface area contributed by atoms with E-state index < -0.39 is 5.92 Å². The van der Waals surface area contributed by atoms with Gasteiger partial charge in [-0.05, 0) is 11.1 Å². The SMILES string of the molecule is O=C1CN(C(=O)c2nn(Cc3ccccc3)c3c2CN(C(=O)C2CC(=O)c4ccccc42)CC3)CCN1. The molecule has 0 spiro atoms. The van der Waals surface area contributed by atoms with Gasteiger partial charge in [0, 0.05) is 55.8 Å². The molecular weight excluding hydrogens is 470 g/mol. The number of carbonyl (C=O) groups is 4. The summed E-state index contributed by atoms with van der Waals surface area (Å²) in [6.07, 6.45) is 0.723. The van der Waals surface area contributed by atoms with Gasteiger partial charge in [0.25, 0.3) is 5.91 Å².